The molecule has 1 aromatic heterocycles. The molecular formula is C11H7FN. The van der Waals surface area contributed by atoms with Crippen molar-refractivity contribution in [3.63, 3.8) is 0 Å². The Hall–Kier alpha value is -1.70. The van der Waals surface area contributed by atoms with Crippen LogP contribution in [0.2, 0.25) is 0 Å². The van der Waals surface area contributed by atoms with Crippen molar-refractivity contribution in [3.05, 3.63) is 54.6 Å². The number of hydrogen-bond acceptors (Lipinski definition) is 1. The number of halogens is 1. The Morgan fingerprint density at radius 3 is 2.92 bits per heavy atom. The van der Waals surface area contributed by atoms with Crippen molar-refractivity contribution < 1.29 is 4.39 Å². The molecule has 0 saturated heterocycles. The molecule has 13 heavy (non-hydrogen) atoms. The van der Waals surface area contributed by atoms with Crippen LogP contribution in [0.4, 0.5) is 4.39 Å². The summed E-state index contributed by atoms with van der Waals surface area (Å²) in [5.41, 5.74) is 1.61. The van der Waals surface area contributed by atoms with Gasteiger partial charge in [-0.3, -0.25) is 4.98 Å². The van der Waals surface area contributed by atoms with Gasteiger partial charge in [-0.05, 0) is 29.8 Å². The number of rotatable bonds is 1. The van der Waals surface area contributed by atoms with Crippen LogP contribution in [0.25, 0.3) is 11.1 Å². The van der Waals surface area contributed by atoms with E-state index >= 15 is 0 Å². The van der Waals surface area contributed by atoms with Gasteiger partial charge >= 0.3 is 0 Å². The minimum Gasteiger partial charge on any atom is -0.264 e. The van der Waals surface area contributed by atoms with Crippen LogP contribution >= 0.6 is 0 Å². The topological polar surface area (TPSA) is 12.9 Å². The summed E-state index contributed by atoms with van der Waals surface area (Å²) in [7, 11) is 0. The van der Waals surface area contributed by atoms with Gasteiger partial charge in [-0.2, -0.15) is 0 Å². The van der Waals surface area contributed by atoms with Crippen LogP contribution in [-0.2, 0) is 0 Å². The maximum absolute atomic E-state index is 12.8. The van der Waals surface area contributed by atoms with Crippen LogP contribution in [0.3, 0.4) is 0 Å². The van der Waals surface area contributed by atoms with E-state index < -0.39 is 0 Å². The standard InChI is InChI=1S/C11H7FN/c12-11-5-1-3-9(7-11)10-4-2-6-13-8-10/h1-3,5-8H. The van der Waals surface area contributed by atoms with Gasteiger partial charge in [0.25, 0.3) is 0 Å². The summed E-state index contributed by atoms with van der Waals surface area (Å²) in [6.45, 7) is 0. The van der Waals surface area contributed by atoms with Crippen molar-refractivity contribution in [3.8, 4) is 11.1 Å². The van der Waals surface area contributed by atoms with Gasteiger partial charge in [0.05, 0.1) is 0 Å². The minimum absolute atomic E-state index is 0.241. The molecule has 1 heterocycles. The van der Waals surface area contributed by atoms with E-state index in [1.807, 2.05) is 6.07 Å². The smallest absolute Gasteiger partial charge is 0.123 e. The summed E-state index contributed by atoms with van der Waals surface area (Å²) in [6.07, 6.45) is 3.30. The summed E-state index contributed by atoms with van der Waals surface area (Å²) in [4.78, 5) is 3.94. The van der Waals surface area contributed by atoms with E-state index in [4.69, 9.17) is 0 Å². The molecule has 0 fully saturated rings. The van der Waals surface area contributed by atoms with E-state index in [0.29, 0.717) is 0 Å². The lowest BCUT2D eigenvalue weighted by atomic mass is 10.1. The molecule has 0 atom stereocenters. The lowest BCUT2D eigenvalue weighted by Crippen LogP contribution is -1.80. The largest absolute Gasteiger partial charge is 0.264 e. The molecular weight excluding hydrogens is 165 g/mol. The summed E-state index contributed by atoms with van der Waals surface area (Å²) in [5, 5.41) is 0. The molecule has 0 aliphatic heterocycles. The third-order valence-corrected chi connectivity index (χ3v) is 1.74. The molecule has 2 aromatic rings. The molecule has 0 spiro atoms. The lowest BCUT2D eigenvalue weighted by Gasteiger charge is -1.98. The summed E-state index contributed by atoms with van der Waals surface area (Å²) in [5.74, 6) is -0.241. The molecule has 0 amide bonds. The molecule has 1 aromatic carbocycles. The number of pyridine rings is 1. The summed E-state index contributed by atoms with van der Waals surface area (Å²) in [6, 6.07) is 11.1. The molecule has 1 radical (unpaired) electrons. The first kappa shape index (κ1) is 7.92. The Balaban J connectivity index is 2.48. The number of hydrogen-bond donors (Lipinski definition) is 0. The molecule has 2 rings (SSSR count). The molecule has 63 valence electrons. The van der Waals surface area contributed by atoms with Gasteiger partial charge in [0.2, 0.25) is 0 Å². The summed E-state index contributed by atoms with van der Waals surface area (Å²) < 4.78 is 12.8. The van der Waals surface area contributed by atoms with Gasteiger partial charge in [0, 0.05) is 18.0 Å². The zero-order valence-corrected chi connectivity index (χ0v) is 6.87. The summed E-state index contributed by atoms with van der Waals surface area (Å²) >= 11 is 0. The molecule has 0 aliphatic carbocycles. The normalized spacial score (nSPS) is 9.92. The monoisotopic (exact) mass is 172 g/mol. The van der Waals surface area contributed by atoms with Crippen molar-refractivity contribution in [2.24, 2.45) is 0 Å². The average molecular weight is 172 g/mol. The van der Waals surface area contributed by atoms with Crippen LogP contribution in [0.5, 0.6) is 0 Å². The highest BCUT2D eigenvalue weighted by Gasteiger charge is 1.97. The molecule has 0 aliphatic rings. The van der Waals surface area contributed by atoms with Gasteiger partial charge in [-0.15, -0.1) is 0 Å². The Morgan fingerprint density at radius 1 is 1.31 bits per heavy atom. The predicted octanol–water partition coefficient (Wildman–Crippen LogP) is 2.69. The molecule has 1 nitrogen and oxygen atoms in total. The van der Waals surface area contributed by atoms with Crippen molar-refractivity contribution in [1.82, 2.24) is 4.98 Å². The lowest BCUT2D eigenvalue weighted by molar-refractivity contribution is 0.628. The third kappa shape index (κ3) is 1.72. The Labute approximate surface area is 75.9 Å². The van der Waals surface area contributed by atoms with E-state index in [0.717, 1.165) is 11.1 Å². The van der Waals surface area contributed by atoms with Gasteiger partial charge in [0.1, 0.15) is 5.82 Å². The quantitative estimate of drug-likeness (QED) is 0.644. The Bertz CT molecular complexity index is 398. The highest BCUT2D eigenvalue weighted by molar-refractivity contribution is 5.61. The maximum Gasteiger partial charge on any atom is 0.123 e. The average Bonchev–Trinajstić information content (AvgIpc) is 2.19. The fraction of sp³-hybridized carbons (Fsp3) is 0. The molecule has 2 heteroatoms. The second-order valence-electron chi connectivity index (χ2n) is 2.66. The second kappa shape index (κ2) is 3.35. The zero-order valence-electron chi connectivity index (χ0n) is 6.87. The maximum atomic E-state index is 12.8. The SMILES string of the molecule is Fc1cccc(-c2[c]ccnc2)c1. The molecule has 0 saturated carbocycles. The molecule has 0 unspecified atom stereocenters. The van der Waals surface area contributed by atoms with E-state index in [1.54, 1.807) is 24.5 Å². The van der Waals surface area contributed by atoms with Crippen molar-refractivity contribution in [2.75, 3.05) is 0 Å². The van der Waals surface area contributed by atoms with Crippen LogP contribution in [0.1, 0.15) is 0 Å². The number of aromatic nitrogens is 1. The van der Waals surface area contributed by atoms with E-state index in [2.05, 4.69) is 11.1 Å². The minimum atomic E-state index is -0.241. The molecule has 0 bridgehead atoms. The van der Waals surface area contributed by atoms with Crippen LogP contribution in [0.15, 0.2) is 42.7 Å². The predicted molar refractivity (Wildman–Crippen MR) is 48.5 cm³/mol. The van der Waals surface area contributed by atoms with Crippen molar-refractivity contribution in [2.45, 2.75) is 0 Å². The Kier molecular flexibility index (Phi) is 2.04. The number of benzene rings is 1. The first-order chi connectivity index (χ1) is 6.36. The van der Waals surface area contributed by atoms with Gasteiger partial charge in [-0.1, -0.05) is 12.1 Å². The number of nitrogens with zero attached hydrogens (tertiary/aromatic N) is 1. The van der Waals surface area contributed by atoms with E-state index in [-0.39, 0.29) is 5.82 Å². The van der Waals surface area contributed by atoms with Crippen molar-refractivity contribution >= 4 is 0 Å². The van der Waals surface area contributed by atoms with Gasteiger partial charge in [-0.25, -0.2) is 4.39 Å². The van der Waals surface area contributed by atoms with Crippen molar-refractivity contribution in [1.29, 1.82) is 0 Å². The van der Waals surface area contributed by atoms with Gasteiger partial charge in [0.15, 0.2) is 0 Å². The fourth-order valence-corrected chi connectivity index (χ4v) is 1.14. The third-order valence-electron chi connectivity index (χ3n) is 1.74. The van der Waals surface area contributed by atoms with Crippen LogP contribution < -0.4 is 0 Å². The van der Waals surface area contributed by atoms with E-state index in [1.165, 1.54) is 12.1 Å². The first-order valence-corrected chi connectivity index (χ1v) is 3.94. The van der Waals surface area contributed by atoms with Crippen LogP contribution in [-0.4, -0.2) is 4.98 Å². The zero-order chi connectivity index (χ0) is 9.10. The second-order valence-corrected chi connectivity index (χ2v) is 2.66. The molecule has 0 N–H and O–H groups in total. The fourth-order valence-electron chi connectivity index (χ4n) is 1.14. The highest BCUT2D eigenvalue weighted by Crippen LogP contribution is 2.17. The first-order valence-electron chi connectivity index (χ1n) is 3.94. The van der Waals surface area contributed by atoms with E-state index in [9.17, 15) is 4.39 Å². The highest BCUT2D eigenvalue weighted by atomic mass is 19.1. The Morgan fingerprint density at radius 2 is 2.23 bits per heavy atom. The van der Waals surface area contributed by atoms with Gasteiger partial charge < -0.3 is 0 Å². The van der Waals surface area contributed by atoms with Crippen LogP contribution in [0, 0.1) is 11.9 Å².